The lowest BCUT2D eigenvalue weighted by molar-refractivity contribution is 0.593. The zero-order valence-electron chi connectivity index (χ0n) is 10.2. The first-order valence-electron chi connectivity index (χ1n) is 5.83. The fraction of sp³-hybridized carbons (Fsp3) is 0.200. The minimum Gasteiger partial charge on any atom is -0.324 e. The van der Waals surface area contributed by atoms with E-state index in [0.717, 1.165) is 15.6 Å². The molecule has 2 rings (SSSR count). The van der Waals surface area contributed by atoms with Gasteiger partial charge in [-0.15, -0.1) is 0 Å². The van der Waals surface area contributed by atoms with Crippen molar-refractivity contribution in [3.8, 4) is 0 Å². The van der Waals surface area contributed by atoms with E-state index in [2.05, 4.69) is 15.9 Å². The van der Waals surface area contributed by atoms with Crippen LogP contribution in [0.25, 0.3) is 0 Å². The summed E-state index contributed by atoms with van der Waals surface area (Å²) < 4.78 is 14.6. The van der Waals surface area contributed by atoms with Gasteiger partial charge in [0, 0.05) is 10.5 Å². The van der Waals surface area contributed by atoms with Crippen LogP contribution in [0.1, 0.15) is 22.7 Å². The van der Waals surface area contributed by atoms with Gasteiger partial charge in [0.1, 0.15) is 5.82 Å². The molecule has 94 valence electrons. The second-order valence-electron chi connectivity index (χ2n) is 4.41. The van der Waals surface area contributed by atoms with Crippen molar-refractivity contribution in [2.24, 2.45) is 5.73 Å². The molecule has 0 saturated heterocycles. The maximum atomic E-state index is 13.5. The van der Waals surface area contributed by atoms with Gasteiger partial charge < -0.3 is 5.73 Å². The highest BCUT2D eigenvalue weighted by Gasteiger charge is 2.10. The van der Waals surface area contributed by atoms with Crippen molar-refractivity contribution in [1.82, 2.24) is 0 Å². The molecule has 1 unspecified atom stereocenters. The molecule has 2 N–H and O–H groups in total. The summed E-state index contributed by atoms with van der Waals surface area (Å²) in [6.45, 7) is 2.02. The minimum atomic E-state index is -0.193. The summed E-state index contributed by atoms with van der Waals surface area (Å²) in [6, 6.07) is 12.6. The normalized spacial score (nSPS) is 12.4. The summed E-state index contributed by atoms with van der Waals surface area (Å²) in [7, 11) is 0. The fourth-order valence-corrected chi connectivity index (χ4v) is 2.16. The van der Waals surface area contributed by atoms with Gasteiger partial charge in [-0.3, -0.25) is 0 Å². The van der Waals surface area contributed by atoms with E-state index in [1.807, 2.05) is 31.2 Å². The van der Waals surface area contributed by atoms with Gasteiger partial charge in [-0.2, -0.15) is 0 Å². The first-order chi connectivity index (χ1) is 8.58. The third kappa shape index (κ3) is 2.98. The summed E-state index contributed by atoms with van der Waals surface area (Å²) in [5, 5.41) is 0. The monoisotopic (exact) mass is 307 g/mol. The summed E-state index contributed by atoms with van der Waals surface area (Å²) in [5.41, 5.74) is 8.95. The van der Waals surface area contributed by atoms with E-state index in [1.165, 1.54) is 6.07 Å². The Labute approximate surface area is 115 Å². The smallest absolute Gasteiger partial charge is 0.126 e. The van der Waals surface area contributed by atoms with Crippen molar-refractivity contribution in [3.63, 3.8) is 0 Å². The molecule has 18 heavy (non-hydrogen) atoms. The van der Waals surface area contributed by atoms with Crippen molar-refractivity contribution < 1.29 is 4.39 Å². The molecule has 0 aliphatic heterocycles. The highest BCUT2D eigenvalue weighted by atomic mass is 79.9. The third-order valence-corrected chi connectivity index (χ3v) is 3.90. The Bertz CT molecular complexity index is 554. The average Bonchev–Trinajstić information content (AvgIpc) is 2.35. The van der Waals surface area contributed by atoms with E-state index in [0.29, 0.717) is 12.0 Å². The second-order valence-corrected chi connectivity index (χ2v) is 5.26. The topological polar surface area (TPSA) is 26.0 Å². The van der Waals surface area contributed by atoms with Crippen molar-refractivity contribution >= 4 is 15.9 Å². The predicted octanol–water partition coefficient (Wildman–Crippen LogP) is 4.14. The molecular formula is C15H15BrFN. The van der Waals surface area contributed by atoms with Crippen LogP contribution >= 0.6 is 15.9 Å². The van der Waals surface area contributed by atoms with Gasteiger partial charge >= 0.3 is 0 Å². The molecule has 0 bridgehead atoms. The zero-order valence-corrected chi connectivity index (χ0v) is 11.7. The van der Waals surface area contributed by atoms with Crippen LogP contribution in [0.4, 0.5) is 4.39 Å². The molecule has 3 heteroatoms. The molecule has 2 aromatic rings. The van der Waals surface area contributed by atoms with Gasteiger partial charge in [-0.25, -0.2) is 4.39 Å². The van der Waals surface area contributed by atoms with Crippen molar-refractivity contribution in [3.05, 3.63) is 69.4 Å². The Hall–Kier alpha value is -1.19. The van der Waals surface area contributed by atoms with Crippen LogP contribution in [-0.4, -0.2) is 0 Å². The van der Waals surface area contributed by atoms with E-state index in [9.17, 15) is 4.39 Å². The van der Waals surface area contributed by atoms with Crippen LogP contribution in [0.2, 0.25) is 0 Å². The lowest BCUT2D eigenvalue weighted by Crippen LogP contribution is -2.14. The van der Waals surface area contributed by atoms with Crippen molar-refractivity contribution in [1.29, 1.82) is 0 Å². The van der Waals surface area contributed by atoms with Crippen LogP contribution in [-0.2, 0) is 6.42 Å². The first kappa shape index (κ1) is 13.2. The number of hydrogen-bond acceptors (Lipinski definition) is 1. The van der Waals surface area contributed by atoms with E-state index >= 15 is 0 Å². The lowest BCUT2D eigenvalue weighted by Gasteiger charge is -2.14. The molecule has 0 fully saturated rings. The molecule has 1 atom stereocenters. The second kappa shape index (κ2) is 5.63. The Balaban J connectivity index is 2.19. The summed E-state index contributed by atoms with van der Waals surface area (Å²) in [6.07, 6.45) is 0.508. The molecule has 0 radical (unpaired) electrons. The van der Waals surface area contributed by atoms with E-state index in [-0.39, 0.29) is 11.9 Å². The Morgan fingerprint density at radius 1 is 1.22 bits per heavy atom. The molecule has 0 aliphatic rings. The molecule has 0 saturated carbocycles. The SMILES string of the molecule is Cc1cc(C(N)Cc2ccccc2F)ccc1Br. The maximum Gasteiger partial charge on any atom is 0.126 e. The van der Waals surface area contributed by atoms with Gasteiger partial charge in [-0.1, -0.05) is 46.3 Å². The Kier molecular flexibility index (Phi) is 4.15. The molecular weight excluding hydrogens is 293 g/mol. The van der Waals surface area contributed by atoms with Crippen LogP contribution in [0.5, 0.6) is 0 Å². The van der Waals surface area contributed by atoms with Crippen LogP contribution in [0.3, 0.4) is 0 Å². The van der Waals surface area contributed by atoms with Crippen LogP contribution in [0.15, 0.2) is 46.9 Å². The predicted molar refractivity (Wildman–Crippen MR) is 75.9 cm³/mol. The van der Waals surface area contributed by atoms with Gasteiger partial charge in [0.05, 0.1) is 0 Å². The van der Waals surface area contributed by atoms with Crippen molar-refractivity contribution in [2.75, 3.05) is 0 Å². The van der Waals surface area contributed by atoms with Crippen LogP contribution < -0.4 is 5.73 Å². The lowest BCUT2D eigenvalue weighted by atomic mass is 9.98. The number of halogens is 2. The molecule has 1 nitrogen and oxygen atoms in total. The standard InChI is InChI=1S/C15H15BrFN/c1-10-8-12(6-7-13(10)16)15(18)9-11-4-2-3-5-14(11)17/h2-8,15H,9,18H2,1H3. The Morgan fingerprint density at radius 2 is 1.94 bits per heavy atom. The van der Waals surface area contributed by atoms with E-state index in [4.69, 9.17) is 5.73 Å². The Morgan fingerprint density at radius 3 is 2.61 bits per heavy atom. The summed E-state index contributed by atoms with van der Waals surface area (Å²) in [4.78, 5) is 0. The largest absolute Gasteiger partial charge is 0.324 e. The minimum absolute atomic E-state index is 0.186. The maximum absolute atomic E-state index is 13.5. The van der Waals surface area contributed by atoms with Gasteiger partial charge in [0.2, 0.25) is 0 Å². The summed E-state index contributed by atoms with van der Waals surface area (Å²) >= 11 is 3.46. The highest BCUT2D eigenvalue weighted by Crippen LogP contribution is 2.23. The van der Waals surface area contributed by atoms with Gasteiger partial charge in [0.25, 0.3) is 0 Å². The first-order valence-corrected chi connectivity index (χ1v) is 6.62. The van der Waals surface area contributed by atoms with E-state index < -0.39 is 0 Å². The molecule has 0 spiro atoms. The van der Waals surface area contributed by atoms with Crippen LogP contribution in [0, 0.1) is 12.7 Å². The quantitative estimate of drug-likeness (QED) is 0.906. The molecule has 0 aromatic heterocycles. The number of benzene rings is 2. The molecule has 0 amide bonds. The number of hydrogen-bond donors (Lipinski definition) is 1. The average molecular weight is 308 g/mol. The number of rotatable bonds is 3. The molecule has 0 heterocycles. The zero-order chi connectivity index (χ0) is 13.1. The van der Waals surface area contributed by atoms with Crippen molar-refractivity contribution in [2.45, 2.75) is 19.4 Å². The number of aryl methyl sites for hydroxylation is 1. The number of nitrogens with two attached hydrogens (primary N) is 1. The molecule has 2 aromatic carbocycles. The van der Waals surface area contributed by atoms with Gasteiger partial charge in [-0.05, 0) is 42.2 Å². The fourth-order valence-electron chi connectivity index (χ4n) is 1.92. The van der Waals surface area contributed by atoms with Gasteiger partial charge in [0.15, 0.2) is 0 Å². The highest BCUT2D eigenvalue weighted by molar-refractivity contribution is 9.10. The molecule has 0 aliphatic carbocycles. The third-order valence-electron chi connectivity index (χ3n) is 3.01. The summed E-state index contributed by atoms with van der Waals surface area (Å²) in [5.74, 6) is -0.193. The van der Waals surface area contributed by atoms with E-state index in [1.54, 1.807) is 12.1 Å².